The molecule has 0 aliphatic rings. The Hall–Kier alpha value is -0.530. The van der Waals surface area contributed by atoms with E-state index in [1.165, 1.54) is 0 Å². The van der Waals surface area contributed by atoms with Crippen molar-refractivity contribution in [2.75, 3.05) is 13.1 Å². The first-order valence-electron chi connectivity index (χ1n) is 4.81. The number of carbonyl (C=O) groups excluding carboxylic acids is 1. The van der Waals surface area contributed by atoms with Crippen molar-refractivity contribution in [2.45, 2.75) is 40.0 Å². The predicted molar refractivity (Wildman–Crippen MR) is 51.8 cm³/mol. The minimum absolute atomic E-state index is 0.265. The Morgan fingerprint density at radius 1 is 1.25 bits per heavy atom. The van der Waals surface area contributed by atoms with E-state index in [4.69, 9.17) is 0 Å². The van der Waals surface area contributed by atoms with Gasteiger partial charge in [0.1, 0.15) is 0 Å². The second-order valence-electron chi connectivity index (χ2n) is 2.99. The van der Waals surface area contributed by atoms with Gasteiger partial charge >= 0.3 is 0 Å². The predicted octanol–water partition coefficient (Wildman–Crippen LogP) is 2.25. The van der Waals surface area contributed by atoms with Crippen LogP contribution in [0.2, 0.25) is 0 Å². The lowest BCUT2D eigenvalue weighted by Gasteiger charge is -2.20. The summed E-state index contributed by atoms with van der Waals surface area (Å²) in [5, 5.41) is 0. The molecule has 0 atom stereocenters. The van der Waals surface area contributed by atoms with Gasteiger partial charge in [0.2, 0.25) is 5.91 Å². The van der Waals surface area contributed by atoms with Gasteiger partial charge < -0.3 is 4.90 Å². The molecule has 0 saturated heterocycles. The molecule has 2 nitrogen and oxygen atoms in total. The number of hydrogen-bond acceptors (Lipinski definition) is 1. The summed E-state index contributed by atoms with van der Waals surface area (Å²) in [6, 6.07) is 0. The van der Waals surface area contributed by atoms with Gasteiger partial charge in [-0.05, 0) is 19.3 Å². The Balaban J connectivity index is 3.81. The van der Waals surface area contributed by atoms with Crippen LogP contribution in [0.1, 0.15) is 40.0 Å². The lowest BCUT2D eigenvalue weighted by Crippen LogP contribution is -2.32. The van der Waals surface area contributed by atoms with Gasteiger partial charge in [0, 0.05) is 19.5 Å². The SMILES string of the molecule is C[CH]CC(=O)N(CCC)CCC. The van der Waals surface area contributed by atoms with Gasteiger partial charge in [0.05, 0.1) is 0 Å². The van der Waals surface area contributed by atoms with E-state index in [1.807, 2.05) is 18.2 Å². The van der Waals surface area contributed by atoms with Crippen molar-refractivity contribution < 1.29 is 4.79 Å². The van der Waals surface area contributed by atoms with E-state index in [-0.39, 0.29) is 5.91 Å². The maximum absolute atomic E-state index is 11.4. The minimum atomic E-state index is 0.265. The zero-order chi connectivity index (χ0) is 9.40. The maximum Gasteiger partial charge on any atom is 0.222 e. The summed E-state index contributed by atoms with van der Waals surface area (Å²) < 4.78 is 0. The molecule has 0 saturated carbocycles. The molecule has 0 aromatic carbocycles. The lowest BCUT2D eigenvalue weighted by atomic mass is 10.2. The Morgan fingerprint density at radius 2 is 1.75 bits per heavy atom. The first-order chi connectivity index (χ1) is 5.76. The van der Waals surface area contributed by atoms with Crippen molar-refractivity contribution in [2.24, 2.45) is 0 Å². The molecule has 0 aromatic rings. The smallest absolute Gasteiger partial charge is 0.222 e. The van der Waals surface area contributed by atoms with E-state index in [0.717, 1.165) is 25.9 Å². The molecule has 0 spiro atoms. The fraction of sp³-hybridized carbons (Fsp3) is 0.800. The summed E-state index contributed by atoms with van der Waals surface area (Å²) in [5.41, 5.74) is 0. The molecule has 0 aromatic heterocycles. The van der Waals surface area contributed by atoms with E-state index in [9.17, 15) is 4.79 Å². The molecule has 0 unspecified atom stereocenters. The second-order valence-corrected chi connectivity index (χ2v) is 2.99. The summed E-state index contributed by atoms with van der Waals surface area (Å²) in [6.45, 7) is 7.94. The van der Waals surface area contributed by atoms with Crippen LogP contribution in [0, 0.1) is 6.42 Å². The van der Waals surface area contributed by atoms with Crippen LogP contribution in [0.5, 0.6) is 0 Å². The van der Waals surface area contributed by atoms with Crippen molar-refractivity contribution in [3.05, 3.63) is 6.42 Å². The van der Waals surface area contributed by atoms with Crippen LogP contribution in [0.25, 0.3) is 0 Å². The van der Waals surface area contributed by atoms with Crippen LogP contribution in [-0.2, 0) is 4.79 Å². The van der Waals surface area contributed by atoms with Crippen LogP contribution >= 0.6 is 0 Å². The zero-order valence-electron chi connectivity index (χ0n) is 8.47. The van der Waals surface area contributed by atoms with E-state index < -0.39 is 0 Å². The quantitative estimate of drug-likeness (QED) is 0.598. The van der Waals surface area contributed by atoms with E-state index in [2.05, 4.69) is 13.8 Å². The third kappa shape index (κ3) is 4.37. The number of amides is 1. The van der Waals surface area contributed by atoms with Gasteiger partial charge in [0.25, 0.3) is 0 Å². The maximum atomic E-state index is 11.4. The summed E-state index contributed by atoms with van der Waals surface area (Å²) in [4.78, 5) is 13.4. The normalized spacial score (nSPS) is 9.92. The van der Waals surface area contributed by atoms with Gasteiger partial charge in [-0.2, -0.15) is 0 Å². The molecule has 71 valence electrons. The summed E-state index contributed by atoms with van der Waals surface area (Å²) in [6.07, 6.45) is 4.60. The van der Waals surface area contributed by atoms with Crippen LogP contribution in [-0.4, -0.2) is 23.9 Å². The third-order valence-electron chi connectivity index (χ3n) is 1.72. The Labute approximate surface area is 75.9 Å². The lowest BCUT2D eigenvalue weighted by molar-refractivity contribution is -0.130. The molecule has 0 rings (SSSR count). The Kier molecular flexibility index (Phi) is 6.82. The fourth-order valence-electron chi connectivity index (χ4n) is 1.20. The highest BCUT2D eigenvalue weighted by atomic mass is 16.2. The average Bonchev–Trinajstić information content (AvgIpc) is 2.04. The molecule has 0 bridgehead atoms. The molecular formula is C10H20NO. The highest BCUT2D eigenvalue weighted by molar-refractivity contribution is 5.77. The molecule has 0 fully saturated rings. The summed E-state index contributed by atoms with van der Waals surface area (Å²) >= 11 is 0. The third-order valence-corrected chi connectivity index (χ3v) is 1.72. The average molecular weight is 170 g/mol. The van der Waals surface area contributed by atoms with Gasteiger partial charge in [-0.1, -0.05) is 20.8 Å². The number of hydrogen-bond donors (Lipinski definition) is 0. The summed E-state index contributed by atoms with van der Waals surface area (Å²) in [7, 11) is 0. The van der Waals surface area contributed by atoms with E-state index >= 15 is 0 Å². The topological polar surface area (TPSA) is 20.3 Å². The minimum Gasteiger partial charge on any atom is -0.343 e. The fourth-order valence-corrected chi connectivity index (χ4v) is 1.20. The molecule has 1 amide bonds. The monoisotopic (exact) mass is 170 g/mol. The largest absolute Gasteiger partial charge is 0.343 e. The Morgan fingerprint density at radius 3 is 2.08 bits per heavy atom. The molecule has 0 aliphatic heterocycles. The zero-order valence-corrected chi connectivity index (χ0v) is 8.47. The highest BCUT2D eigenvalue weighted by Gasteiger charge is 2.09. The van der Waals surface area contributed by atoms with Gasteiger partial charge in [-0.15, -0.1) is 0 Å². The first-order valence-corrected chi connectivity index (χ1v) is 4.81. The number of carbonyl (C=O) groups is 1. The van der Waals surface area contributed by atoms with Gasteiger partial charge in [-0.3, -0.25) is 4.79 Å². The van der Waals surface area contributed by atoms with Crippen LogP contribution in [0.15, 0.2) is 0 Å². The van der Waals surface area contributed by atoms with Crippen LogP contribution < -0.4 is 0 Å². The number of rotatable bonds is 6. The van der Waals surface area contributed by atoms with E-state index in [1.54, 1.807) is 0 Å². The molecule has 0 heterocycles. The van der Waals surface area contributed by atoms with E-state index in [0.29, 0.717) is 6.42 Å². The van der Waals surface area contributed by atoms with Gasteiger partial charge in [0.15, 0.2) is 0 Å². The standard InChI is InChI=1S/C10H20NO/c1-4-7-10(12)11(8-5-2)9-6-3/h4H,5-9H2,1-3H3. The Bertz CT molecular complexity index is 117. The van der Waals surface area contributed by atoms with Crippen LogP contribution in [0.4, 0.5) is 0 Å². The molecular weight excluding hydrogens is 150 g/mol. The van der Waals surface area contributed by atoms with Crippen molar-refractivity contribution >= 4 is 5.91 Å². The van der Waals surface area contributed by atoms with Crippen molar-refractivity contribution in [1.82, 2.24) is 4.90 Å². The molecule has 2 heteroatoms. The molecule has 1 radical (unpaired) electrons. The molecule has 0 aliphatic carbocycles. The second kappa shape index (κ2) is 7.14. The van der Waals surface area contributed by atoms with Crippen molar-refractivity contribution in [1.29, 1.82) is 0 Å². The van der Waals surface area contributed by atoms with Crippen molar-refractivity contribution in [3.8, 4) is 0 Å². The highest BCUT2D eigenvalue weighted by Crippen LogP contribution is 1.99. The summed E-state index contributed by atoms with van der Waals surface area (Å²) in [5.74, 6) is 0.265. The molecule has 12 heavy (non-hydrogen) atoms. The molecule has 0 N–H and O–H groups in total. The number of nitrogens with zero attached hydrogens (tertiary/aromatic N) is 1. The van der Waals surface area contributed by atoms with Crippen LogP contribution in [0.3, 0.4) is 0 Å². The van der Waals surface area contributed by atoms with Crippen molar-refractivity contribution in [3.63, 3.8) is 0 Å². The van der Waals surface area contributed by atoms with Gasteiger partial charge in [-0.25, -0.2) is 0 Å². The first kappa shape index (κ1) is 11.5.